The third kappa shape index (κ3) is 5.73. The minimum atomic E-state index is -0.0381. The molecule has 0 unspecified atom stereocenters. The molecule has 21 heavy (non-hydrogen) atoms. The van der Waals surface area contributed by atoms with E-state index in [0.717, 1.165) is 29.9 Å². The van der Waals surface area contributed by atoms with Crippen molar-refractivity contribution in [3.05, 3.63) is 53.8 Å². The summed E-state index contributed by atoms with van der Waals surface area (Å²) in [5.74, 6) is -0.0381. The smallest absolute Gasteiger partial charge is 0.251 e. The number of anilines is 1. The second-order valence-electron chi connectivity index (χ2n) is 4.85. The van der Waals surface area contributed by atoms with Gasteiger partial charge in [0.25, 0.3) is 5.91 Å². The van der Waals surface area contributed by atoms with E-state index in [2.05, 4.69) is 22.5 Å². The normalized spacial score (nSPS) is 10.9. The van der Waals surface area contributed by atoms with E-state index in [4.69, 9.17) is 0 Å². The standard InChI is InChI=1S/C17H25N3O/c1-5-16(13(2)3)19-11-6-12-20-17(21)14-7-9-15(18-4)10-8-14/h5,7-10,18-19H,2,6,11-12H2,1,3-4H3,(H,20,21). The van der Waals surface area contributed by atoms with E-state index in [9.17, 15) is 4.79 Å². The van der Waals surface area contributed by atoms with Crippen LogP contribution < -0.4 is 16.0 Å². The van der Waals surface area contributed by atoms with Crippen molar-refractivity contribution in [1.29, 1.82) is 0 Å². The van der Waals surface area contributed by atoms with Crippen molar-refractivity contribution < 1.29 is 4.79 Å². The lowest BCUT2D eigenvalue weighted by Crippen LogP contribution is -2.27. The van der Waals surface area contributed by atoms with E-state index in [0.29, 0.717) is 12.1 Å². The summed E-state index contributed by atoms with van der Waals surface area (Å²) in [4.78, 5) is 11.9. The molecular weight excluding hydrogens is 262 g/mol. The summed E-state index contributed by atoms with van der Waals surface area (Å²) in [5.41, 5.74) is 3.75. The fraction of sp³-hybridized carbons (Fsp3) is 0.353. The summed E-state index contributed by atoms with van der Waals surface area (Å²) < 4.78 is 0. The van der Waals surface area contributed by atoms with Crippen molar-refractivity contribution in [2.45, 2.75) is 20.3 Å². The molecule has 0 aliphatic carbocycles. The topological polar surface area (TPSA) is 53.2 Å². The van der Waals surface area contributed by atoms with Crippen LogP contribution in [0.4, 0.5) is 5.69 Å². The minimum Gasteiger partial charge on any atom is -0.388 e. The van der Waals surface area contributed by atoms with Crippen LogP contribution in [-0.4, -0.2) is 26.0 Å². The minimum absolute atomic E-state index is 0.0381. The Bertz CT molecular complexity index is 503. The van der Waals surface area contributed by atoms with Gasteiger partial charge < -0.3 is 16.0 Å². The zero-order chi connectivity index (χ0) is 15.7. The summed E-state index contributed by atoms with van der Waals surface area (Å²) in [6.07, 6.45) is 2.87. The molecule has 1 aromatic carbocycles. The molecule has 0 aliphatic heterocycles. The Labute approximate surface area is 127 Å². The third-order valence-electron chi connectivity index (χ3n) is 3.14. The number of carbonyl (C=O) groups excluding carboxylic acids is 1. The molecule has 1 amide bonds. The molecule has 0 heterocycles. The Morgan fingerprint density at radius 1 is 1.19 bits per heavy atom. The van der Waals surface area contributed by atoms with Gasteiger partial charge in [0.05, 0.1) is 0 Å². The number of nitrogens with one attached hydrogen (secondary N) is 3. The lowest BCUT2D eigenvalue weighted by molar-refractivity contribution is 0.0953. The zero-order valence-electron chi connectivity index (χ0n) is 13.1. The van der Waals surface area contributed by atoms with E-state index in [1.165, 1.54) is 0 Å². The first kappa shape index (κ1) is 16.8. The number of carbonyl (C=O) groups is 1. The third-order valence-corrected chi connectivity index (χ3v) is 3.14. The van der Waals surface area contributed by atoms with Crippen molar-refractivity contribution >= 4 is 11.6 Å². The zero-order valence-corrected chi connectivity index (χ0v) is 13.1. The lowest BCUT2D eigenvalue weighted by Gasteiger charge is -2.11. The first-order valence-electron chi connectivity index (χ1n) is 7.20. The second kappa shape index (κ2) is 8.84. The highest BCUT2D eigenvalue weighted by atomic mass is 16.1. The van der Waals surface area contributed by atoms with E-state index in [-0.39, 0.29) is 5.91 Å². The number of rotatable bonds is 8. The Hall–Kier alpha value is -2.23. The molecule has 0 saturated carbocycles. The second-order valence-corrected chi connectivity index (χ2v) is 4.85. The quantitative estimate of drug-likeness (QED) is 0.509. The van der Waals surface area contributed by atoms with Gasteiger partial charge in [0.1, 0.15) is 0 Å². The largest absolute Gasteiger partial charge is 0.388 e. The number of benzene rings is 1. The fourth-order valence-electron chi connectivity index (χ4n) is 1.90. The first-order chi connectivity index (χ1) is 10.1. The summed E-state index contributed by atoms with van der Waals surface area (Å²) in [6, 6.07) is 7.42. The van der Waals surface area contributed by atoms with Crippen LogP contribution in [0.5, 0.6) is 0 Å². The highest BCUT2D eigenvalue weighted by Gasteiger charge is 2.04. The molecule has 0 atom stereocenters. The molecule has 4 nitrogen and oxygen atoms in total. The summed E-state index contributed by atoms with van der Waals surface area (Å²) in [5, 5.41) is 9.24. The molecule has 1 aromatic rings. The molecule has 114 valence electrons. The fourth-order valence-corrected chi connectivity index (χ4v) is 1.90. The summed E-state index contributed by atoms with van der Waals surface area (Å²) >= 11 is 0. The van der Waals surface area contributed by atoms with Gasteiger partial charge in [0.15, 0.2) is 0 Å². The van der Waals surface area contributed by atoms with Crippen LogP contribution in [0, 0.1) is 0 Å². The molecule has 0 aromatic heterocycles. The maximum absolute atomic E-state index is 11.9. The van der Waals surface area contributed by atoms with Crippen LogP contribution in [0.15, 0.2) is 48.2 Å². The van der Waals surface area contributed by atoms with Crippen molar-refractivity contribution in [1.82, 2.24) is 10.6 Å². The number of allylic oxidation sites excluding steroid dienone is 2. The van der Waals surface area contributed by atoms with Gasteiger partial charge in [-0.15, -0.1) is 0 Å². The Morgan fingerprint density at radius 2 is 1.81 bits per heavy atom. The van der Waals surface area contributed by atoms with Crippen LogP contribution in [0.25, 0.3) is 0 Å². The van der Waals surface area contributed by atoms with Crippen LogP contribution in [0.2, 0.25) is 0 Å². The SMILES string of the molecule is C=C(C)C(=CC)NCCCNC(=O)c1ccc(NC)cc1. The van der Waals surface area contributed by atoms with Crippen LogP contribution in [0.3, 0.4) is 0 Å². The maximum Gasteiger partial charge on any atom is 0.251 e. The van der Waals surface area contributed by atoms with Crippen molar-refractivity contribution in [2.24, 2.45) is 0 Å². The lowest BCUT2D eigenvalue weighted by atomic mass is 10.2. The molecule has 4 heteroatoms. The van der Waals surface area contributed by atoms with Gasteiger partial charge in [-0.05, 0) is 50.1 Å². The Morgan fingerprint density at radius 3 is 2.33 bits per heavy atom. The summed E-state index contributed by atoms with van der Waals surface area (Å²) in [6.45, 7) is 9.31. The molecule has 0 bridgehead atoms. The van der Waals surface area contributed by atoms with Crippen molar-refractivity contribution in [3.63, 3.8) is 0 Å². The van der Waals surface area contributed by atoms with Crippen molar-refractivity contribution in [2.75, 3.05) is 25.5 Å². The first-order valence-corrected chi connectivity index (χ1v) is 7.20. The molecule has 3 N–H and O–H groups in total. The number of amides is 1. The van der Waals surface area contributed by atoms with Gasteiger partial charge in [-0.2, -0.15) is 0 Å². The average Bonchev–Trinajstić information content (AvgIpc) is 2.50. The van der Waals surface area contributed by atoms with Gasteiger partial charge in [-0.25, -0.2) is 0 Å². The average molecular weight is 287 g/mol. The number of hydrogen-bond acceptors (Lipinski definition) is 3. The van der Waals surface area contributed by atoms with Gasteiger partial charge >= 0.3 is 0 Å². The van der Waals surface area contributed by atoms with E-state index in [1.807, 2.05) is 51.2 Å². The molecular formula is C17H25N3O. The Balaban J connectivity index is 2.29. The predicted octanol–water partition coefficient (Wildman–Crippen LogP) is 2.92. The molecule has 0 saturated heterocycles. The van der Waals surface area contributed by atoms with Crippen LogP contribution in [0.1, 0.15) is 30.6 Å². The predicted molar refractivity (Wildman–Crippen MR) is 89.5 cm³/mol. The van der Waals surface area contributed by atoms with Crippen molar-refractivity contribution in [3.8, 4) is 0 Å². The monoisotopic (exact) mass is 287 g/mol. The van der Waals surface area contributed by atoms with Gasteiger partial charge in [0, 0.05) is 37.1 Å². The van der Waals surface area contributed by atoms with Gasteiger partial charge in [-0.3, -0.25) is 4.79 Å². The molecule has 0 fully saturated rings. The van der Waals surface area contributed by atoms with E-state index < -0.39 is 0 Å². The Kier molecular flexibility index (Phi) is 7.09. The van der Waals surface area contributed by atoms with Crippen LogP contribution in [-0.2, 0) is 0 Å². The van der Waals surface area contributed by atoms with Gasteiger partial charge in [-0.1, -0.05) is 12.7 Å². The molecule has 1 rings (SSSR count). The van der Waals surface area contributed by atoms with Gasteiger partial charge in [0.2, 0.25) is 0 Å². The number of hydrogen-bond donors (Lipinski definition) is 3. The highest BCUT2D eigenvalue weighted by molar-refractivity contribution is 5.94. The van der Waals surface area contributed by atoms with E-state index in [1.54, 1.807) is 0 Å². The van der Waals surface area contributed by atoms with E-state index >= 15 is 0 Å². The summed E-state index contributed by atoms with van der Waals surface area (Å²) in [7, 11) is 1.85. The highest BCUT2D eigenvalue weighted by Crippen LogP contribution is 2.08. The molecule has 0 spiro atoms. The maximum atomic E-state index is 11.9. The molecule has 0 aliphatic rings. The molecule has 0 radical (unpaired) electrons. The van der Waals surface area contributed by atoms with Crippen LogP contribution >= 0.6 is 0 Å².